The Kier molecular flexibility index (Phi) is 4.97. The van der Waals surface area contributed by atoms with Gasteiger partial charge in [0.15, 0.2) is 0 Å². The first-order valence-electron chi connectivity index (χ1n) is 5.66. The summed E-state index contributed by atoms with van der Waals surface area (Å²) in [5.74, 6) is 0.0694. The van der Waals surface area contributed by atoms with E-state index < -0.39 is 0 Å². The van der Waals surface area contributed by atoms with Crippen molar-refractivity contribution in [3.05, 3.63) is 34.9 Å². The van der Waals surface area contributed by atoms with E-state index in [9.17, 15) is 4.79 Å². The van der Waals surface area contributed by atoms with Gasteiger partial charge in [0, 0.05) is 12.1 Å². The molecular weight excluding hydrogens is 236 g/mol. The van der Waals surface area contributed by atoms with Crippen molar-refractivity contribution in [2.75, 3.05) is 14.1 Å². The highest BCUT2D eigenvalue weighted by molar-refractivity contribution is 6.30. The van der Waals surface area contributed by atoms with Crippen molar-refractivity contribution in [3.63, 3.8) is 0 Å². The molecule has 0 bridgehead atoms. The number of rotatable bonds is 4. The Bertz CT molecular complexity index is 395. The van der Waals surface area contributed by atoms with E-state index in [1.165, 1.54) is 0 Å². The van der Waals surface area contributed by atoms with Crippen molar-refractivity contribution in [1.82, 2.24) is 10.2 Å². The van der Waals surface area contributed by atoms with Crippen LogP contribution in [0.2, 0.25) is 5.02 Å². The number of hydrogen-bond acceptors (Lipinski definition) is 2. The van der Waals surface area contributed by atoms with E-state index in [1.807, 2.05) is 45.2 Å². The second-order valence-corrected chi connectivity index (χ2v) is 4.63. The Labute approximate surface area is 108 Å². The maximum Gasteiger partial charge on any atom is 0.239 e. The van der Waals surface area contributed by atoms with Gasteiger partial charge in [0.25, 0.3) is 0 Å². The van der Waals surface area contributed by atoms with Crippen LogP contribution >= 0.6 is 11.6 Å². The third-order valence-corrected chi connectivity index (χ3v) is 3.30. The van der Waals surface area contributed by atoms with Gasteiger partial charge in [-0.15, -0.1) is 0 Å². The molecule has 1 amide bonds. The van der Waals surface area contributed by atoms with Crippen molar-refractivity contribution < 1.29 is 4.79 Å². The van der Waals surface area contributed by atoms with Gasteiger partial charge >= 0.3 is 0 Å². The third-order valence-electron chi connectivity index (χ3n) is 3.06. The molecular formula is C13H19ClN2O. The van der Waals surface area contributed by atoms with Gasteiger partial charge in [0.05, 0.1) is 12.1 Å². The molecule has 1 rings (SSSR count). The third kappa shape index (κ3) is 3.45. The first-order chi connectivity index (χ1) is 7.97. The van der Waals surface area contributed by atoms with E-state index in [0.29, 0.717) is 5.02 Å². The number of carbonyl (C=O) groups is 1. The van der Waals surface area contributed by atoms with Crippen LogP contribution in [0.1, 0.15) is 25.5 Å². The summed E-state index contributed by atoms with van der Waals surface area (Å²) in [6.07, 6.45) is 0. The number of benzene rings is 1. The minimum Gasteiger partial charge on any atom is -0.338 e. The number of carbonyl (C=O) groups excluding carboxylic acids is 1. The molecule has 0 spiro atoms. The summed E-state index contributed by atoms with van der Waals surface area (Å²) in [6.45, 7) is 3.84. The molecule has 94 valence electrons. The first kappa shape index (κ1) is 14.0. The van der Waals surface area contributed by atoms with E-state index in [0.717, 1.165) is 5.56 Å². The molecule has 0 aliphatic rings. The molecule has 2 unspecified atom stereocenters. The summed E-state index contributed by atoms with van der Waals surface area (Å²) in [6, 6.07) is 7.42. The highest BCUT2D eigenvalue weighted by Crippen LogP contribution is 2.22. The Balaban J connectivity index is 2.82. The Morgan fingerprint density at radius 3 is 2.59 bits per heavy atom. The summed E-state index contributed by atoms with van der Waals surface area (Å²) >= 11 is 5.95. The summed E-state index contributed by atoms with van der Waals surface area (Å²) < 4.78 is 0. The van der Waals surface area contributed by atoms with Crippen LogP contribution in [0.15, 0.2) is 24.3 Å². The molecule has 1 aromatic rings. The molecule has 3 nitrogen and oxygen atoms in total. The maximum absolute atomic E-state index is 12.0. The second kappa shape index (κ2) is 6.03. The van der Waals surface area contributed by atoms with E-state index in [4.69, 9.17) is 11.6 Å². The van der Waals surface area contributed by atoms with E-state index in [2.05, 4.69) is 5.32 Å². The zero-order valence-electron chi connectivity index (χ0n) is 10.7. The highest BCUT2D eigenvalue weighted by Gasteiger charge is 2.21. The fraction of sp³-hybridized carbons (Fsp3) is 0.462. The van der Waals surface area contributed by atoms with Gasteiger partial charge in [0.2, 0.25) is 5.91 Å². The SMILES string of the molecule is CNC(C)C(=O)N(C)C(C)c1cccc(Cl)c1. The van der Waals surface area contributed by atoms with Crippen LogP contribution in [0.25, 0.3) is 0 Å². The number of nitrogens with zero attached hydrogens (tertiary/aromatic N) is 1. The lowest BCUT2D eigenvalue weighted by Crippen LogP contribution is -2.42. The Hall–Kier alpha value is -1.06. The first-order valence-corrected chi connectivity index (χ1v) is 6.04. The van der Waals surface area contributed by atoms with Gasteiger partial charge in [0.1, 0.15) is 0 Å². The number of hydrogen-bond donors (Lipinski definition) is 1. The number of halogens is 1. The fourth-order valence-corrected chi connectivity index (χ4v) is 1.81. The largest absolute Gasteiger partial charge is 0.338 e. The van der Waals surface area contributed by atoms with Gasteiger partial charge < -0.3 is 10.2 Å². The maximum atomic E-state index is 12.0. The normalized spacial score (nSPS) is 14.2. The monoisotopic (exact) mass is 254 g/mol. The van der Waals surface area contributed by atoms with Gasteiger partial charge in [-0.2, -0.15) is 0 Å². The molecule has 0 aliphatic carbocycles. The van der Waals surface area contributed by atoms with Crippen molar-refractivity contribution in [3.8, 4) is 0 Å². The lowest BCUT2D eigenvalue weighted by molar-refractivity contribution is -0.133. The predicted molar refractivity (Wildman–Crippen MR) is 71.2 cm³/mol. The molecule has 0 saturated heterocycles. The molecule has 0 fully saturated rings. The van der Waals surface area contributed by atoms with E-state index >= 15 is 0 Å². The minimum atomic E-state index is -0.179. The topological polar surface area (TPSA) is 32.3 Å². The molecule has 0 aromatic heterocycles. The number of amides is 1. The average molecular weight is 255 g/mol. The van der Waals surface area contributed by atoms with Crippen molar-refractivity contribution in [1.29, 1.82) is 0 Å². The van der Waals surface area contributed by atoms with Crippen LogP contribution in [0, 0.1) is 0 Å². The quantitative estimate of drug-likeness (QED) is 0.895. The number of nitrogens with one attached hydrogen (secondary N) is 1. The van der Waals surface area contributed by atoms with Crippen molar-refractivity contribution in [2.45, 2.75) is 25.9 Å². The Morgan fingerprint density at radius 1 is 1.41 bits per heavy atom. The smallest absolute Gasteiger partial charge is 0.239 e. The summed E-state index contributed by atoms with van der Waals surface area (Å²) in [5, 5.41) is 3.64. The summed E-state index contributed by atoms with van der Waals surface area (Å²) in [5.41, 5.74) is 1.04. The standard InChI is InChI=1S/C13H19ClN2O/c1-9(15-3)13(17)16(4)10(2)11-6-5-7-12(14)8-11/h5-10,15H,1-4H3. The molecule has 0 saturated carbocycles. The summed E-state index contributed by atoms with van der Waals surface area (Å²) in [4.78, 5) is 13.7. The van der Waals surface area contributed by atoms with Crippen LogP contribution in [0.5, 0.6) is 0 Å². The van der Waals surface area contributed by atoms with Crippen LogP contribution < -0.4 is 5.32 Å². The van der Waals surface area contributed by atoms with E-state index in [1.54, 1.807) is 11.9 Å². The van der Waals surface area contributed by atoms with Crippen molar-refractivity contribution >= 4 is 17.5 Å². The predicted octanol–water partition coefficient (Wildman–Crippen LogP) is 2.47. The van der Waals surface area contributed by atoms with Gasteiger partial charge in [-0.3, -0.25) is 4.79 Å². The van der Waals surface area contributed by atoms with E-state index in [-0.39, 0.29) is 18.0 Å². The molecule has 1 aromatic carbocycles. The zero-order chi connectivity index (χ0) is 13.0. The number of likely N-dealkylation sites (N-methyl/N-ethyl adjacent to an activating group) is 2. The molecule has 4 heteroatoms. The highest BCUT2D eigenvalue weighted by atomic mass is 35.5. The van der Waals surface area contributed by atoms with Gasteiger partial charge in [-0.05, 0) is 38.6 Å². The van der Waals surface area contributed by atoms with Gasteiger partial charge in [-0.1, -0.05) is 23.7 Å². The molecule has 0 aliphatic heterocycles. The molecule has 17 heavy (non-hydrogen) atoms. The van der Waals surface area contributed by atoms with Gasteiger partial charge in [-0.25, -0.2) is 0 Å². The molecule has 0 heterocycles. The van der Waals surface area contributed by atoms with Crippen LogP contribution in [0.4, 0.5) is 0 Å². The second-order valence-electron chi connectivity index (χ2n) is 4.19. The minimum absolute atomic E-state index is 0.0111. The van der Waals surface area contributed by atoms with Crippen molar-refractivity contribution in [2.24, 2.45) is 0 Å². The Morgan fingerprint density at radius 2 is 2.06 bits per heavy atom. The molecule has 0 radical (unpaired) electrons. The fourth-order valence-electron chi connectivity index (χ4n) is 1.61. The van der Waals surface area contributed by atoms with Crippen LogP contribution in [-0.4, -0.2) is 30.9 Å². The summed E-state index contributed by atoms with van der Waals surface area (Å²) in [7, 11) is 3.59. The van der Waals surface area contributed by atoms with Crippen LogP contribution in [-0.2, 0) is 4.79 Å². The van der Waals surface area contributed by atoms with Crippen LogP contribution in [0.3, 0.4) is 0 Å². The zero-order valence-corrected chi connectivity index (χ0v) is 11.5. The average Bonchev–Trinajstić information content (AvgIpc) is 2.35. The molecule has 1 N–H and O–H groups in total. The molecule has 2 atom stereocenters. The lowest BCUT2D eigenvalue weighted by atomic mass is 10.1. The lowest BCUT2D eigenvalue weighted by Gasteiger charge is -2.28.